The van der Waals surface area contributed by atoms with E-state index >= 15 is 0 Å². The van der Waals surface area contributed by atoms with Gasteiger partial charge in [0.05, 0.1) is 32.0 Å². The van der Waals surface area contributed by atoms with Crippen LogP contribution in [0.15, 0.2) is 97.2 Å². The molecule has 0 aromatic carbocycles. The Morgan fingerprint density at radius 3 is 1.67 bits per heavy atom. The molecule has 3 N–H and O–H groups in total. The fraction of sp³-hybridized carbons (Fsp3) is 0.625. The van der Waals surface area contributed by atoms with Crippen molar-refractivity contribution in [1.29, 1.82) is 0 Å². The summed E-state index contributed by atoms with van der Waals surface area (Å²) >= 11 is 0. The number of carbonyl (C=O) groups is 2. The minimum Gasteiger partial charge on any atom is -0.462 e. The molecule has 1 heterocycles. The maximum atomic E-state index is 12.6. The molecular weight excluding hydrogens is 783 g/mol. The number of phosphoric ester groups is 1. The summed E-state index contributed by atoms with van der Waals surface area (Å²) in [6.45, 7) is 2.09. The molecule has 1 aliphatic rings. The highest BCUT2D eigenvalue weighted by molar-refractivity contribution is 7.47. The van der Waals surface area contributed by atoms with Crippen LogP contribution in [-0.2, 0) is 37.4 Å². The summed E-state index contributed by atoms with van der Waals surface area (Å²) in [7, 11) is -4.65. The van der Waals surface area contributed by atoms with E-state index in [1.165, 1.54) is 19.3 Å². The van der Waals surface area contributed by atoms with Gasteiger partial charge in [-0.3, -0.25) is 18.6 Å². The topological polar surface area (TPSA) is 161 Å². The third kappa shape index (κ3) is 35.6. The zero-order chi connectivity index (χ0) is 43.8. The van der Waals surface area contributed by atoms with Gasteiger partial charge in [-0.05, 0) is 89.9 Å². The van der Waals surface area contributed by atoms with E-state index in [2.05, 4.69) is 103 Å². The number of hydrogen-bond acceptors (Lipinski definition) is 10. The summed E-state index contributed by atoms with van der Waals surface area (Å²) in [4.78, 5) is 35.0. The quantitative estimate of drug-likeness (QED) is 0.0177. The van der Waals surface area contributed by atoms with Crippen LogP contribution in [0.25, 0.3) is 0 Å². The molecule has 3 unspecified atom stereocenters. The highest BCUT2D eigenvalue weighted by Gasteiger charge is 2.36. The monoisotopic (exact) mass is 861 g/mol. The van der Waals surface area contributed by atoms with E-state index in [-0.39, 0.29) is 19.4 Å². The van der Waals surface area contributed by atoms with Gasteiger partial charge in [-0.25, -0.2) is 4.57 Å². The van der Waals surface area contributed by atoms with E-state index in [9.17, 15) is 24.2 Å². The number of carbonyl (C=O) groups excluding carboxylic acids is 2. The summed E-state index contributed by atoms with van der Waals surface area (Å²) in [5.74, 6) is -1.06. The first-order valence-electron chi connectivity index (χ1n) is 22.3. The number of phosphoric acid groups is 1. The van der Waals surface area contributed by atoms with Crippen molar-refractivity contribution in [2.45, 2.75) is 167 Å². The molecule has 340 valence electrons. The van der Waals surface area contributed by atoms with Crippen LogP contribution in [0.3, 0.4) is 0 Å². The predicted molar refractivity (Wildman–Crippen MR) is 241 cm³/mol. The van der Waals surface area contributed by atoms with Gasteiger partial charge in [-0.2, -0.15) is 0 Å². The Hall–Kier alpha value is -3.15. The summed E-state index contributed by atoms with van der Waals surface area (Å²) in [5, 5.41) is 18.3. The number of ether oxygens (including phenoxy) is 3. The molecule has 0 radical (unpaired) electrons. The van der Waals surface area contributed by atoms with Crippen LogP contribution >= 0.6 is 7.82 Å². The highest BCUT2D eigenvalue weighted by atomic mass is 31.2. The predicted octanol–water partition coefficient (Wildman–Crippen LogP) is 11.0. The van der Waals surface area contributed by atoms with Gasteiger partial charge in [0.25, 0.3) is 0 Å². The fourth-order valence-corrected chi connectivity index (χ4v) is 6.38. The molecule has 1 aliphatic heterocycles. The SMILES string of the molecule is CC/C=C\CC1OC1C/C=C\C/C=C\C/C=C\C/C=C\CCC(=O)OC[C@H](COP(=O)(O)OC[C@@H](O)CO)OC(=O)CCCCCC/C=C\C/C=C\C/C=C\CCCCC. The molecule has 0 amide bonds. The largest absolute Gasteiger partial charge is 0.472 e. The Bertz CT molecular complexity index is 1380. The van der Waals surface area contributed by atoms with E-state index in [0.29, 0.717) is 25.0 Å². The first kappa shape index (κ1) is 54.9. The van der Waals surface area contributed by atoms with E-state index in [4.69, 9.17) is 23.8 Å². The second-order valence-electron chi connectivity index (χ2n) is 14.7. The lowest BCUT2D eigenvalue weighted by molar-refractivity contribution is -0.161. The van der Waals surface area contributed by atoms with Gasteiger partial charge in [0.2, 0.25) is 0 Å². The van der Waals surface area contributed by atoms with Crippen molar-refractivity contribution in [1.82, 2.24) is 0 Å². The van der Waals surface area contributed by atoms with E-state index in [0.717, 1.165) is 83.5 Å². The maximum absolute atomic E-state index is 12.6. The van der Waals surface area contributed by atoms with Crippen molar-refractivity contribution in [2.75, 3.05) is 26.4 Å². The number of aliphatic hydroxyl groups excluding tert-OH is 2. The van der Waals surface area contributed by atoms with Crippen LogP contribution in [0, 0.1) is 0 Å². The average molecular weight is 861 g/mol. The summed E-state index contributed by atoms with van der Waals surface area (Å²) < 4.78 is 38.3. The standard InChI is InChI=1S/C48H77O11P/c1-3-5-7-8-9-10-11-12-13-14-15-16-21-24-27-30-34-38-48(52)58-44(42-57-60(53,54)56-40-43(50)39-49)41-55-47(51)37-33-29-26-23-20-18-17-19-22-25-28-32-36-46-45(59-46)35-31-6-4-2/h6,9-10,12-13,15-16,18-20,22,26,28-29,31-32,43-46,49-50H,3-5,7-8,11,14,17,21,23-25,27,30,33-42H2,1-2H3,(H,53,54)/b10-9-,13-12-,16-15-,20-18-,22-19-,29-26-,31-6-,32-28-/t43-,44+,45?,46?/m0/s1. The molecule has 12 heteroatoms. The van der Waals surface area contributed by atoms with E-state index in [1.807, 2.05) is 12.2 Å². The molecule has 11 nitrogen and oxygen atoms in total. The molecule has 0 bridgehead atoms. The van der Waals surface area contributed by atoms with E-state index in [1.54, 1.807) is 0 Å². The Labute approximate surface area is 361 Å². The third-order valence-corrected chi connectivity index (χ3v) is 10.1. The molecule has 0 aromatic heterocycles. The molecule has 1 saturated heterocycles. The number of rotatable bonds is 39. The van der Waals surface area contributed by atoms with Gasteiger partial charge in [-0.15, -0.1) is 0 Å². The normalized spacial score (nSPS) is 18.1. The molecular formula is C48H77O11P. The second-order valence-corrected chi connectivity index (χ2v) is 16.2. The molecule has 0 spiro atoms. The zero-order valence-electron chi connectivity index (χ0n) is 36.6. The van der Waals surface area contributed by atoms with Crippen LogP contribution in [0.4, 0.5) is 0 Å². The Balaban J connectivity index is 2.31. The third-order valence-electron chi connectivity index (χ3n) is 9.14. The Kier molecular flexibility index (Phi) is 35.4. The van der Waals surface area contributed by atoms with Crippen LogP contribution in [-0.4, -0.2) is 77.9 Å². The number of epoxide rings is 1. The molecule has 1 rings (SSSR count). The number of aliphatic hydroxyl groups is 2. The van der Waals surface area contributed by atoms with Crippen LogP contribution in [0.2, 0.25) is 0 Å². The molecule has 5 atom stereocenters. The van der Waals surface area contributed by atoms with Crippen LogP contribution in [0.5, 0.6) is 0 Å². The van der Waals surface area contributed by atoms with Gasteiger partial charge in [0.15, 0.2) is 6.10 Å². The zero-order valence-corrected chi connectivity index (χ0v) is 37.5. The Morgan fingerprint density at radius 1 is 0.600 bits per heavy atom. The van der Waals surface area contributed by atoms with E-state index < -0.39 is 51.8 Å². The smallest absolute Gasteiger partial charge is 0.462 e. The van der Waals surface area contributed by atoms with Crippen molar-refractivity contribution in [3.8, 4) is 0 Å². The average Bonchev–Trinajstić information content (AvgIpc) is 3.99. The lowest BCUT2D eigenvalue weighted by Crippen LogP contribution is -2.29. The lowest BCUT2D eigenvalue weighted by Gasteiger charge is -2.20. The minimum atomic E-state index is -4.65. The van der Waals surface area contributed by atoms with Crippen molar-refractivity contribution < 1.29 is 52.5 Å². The fourth-order valence-electron chi connectivity index (χ4n) is 5.59. The Morgan fingerprint density at radius 2 is 1.10 bits per heavy atom. The molecule has 60 heavy (non-hydrogen) atoms. The first-order valence-corrected chi connectivity index (χ1v) is 23.8. The summed E-state index contributed by atoms with van der Waals surface area (Å²) in [5.41, 5.74) is 0. The number of unbranched alkanes of at least 4 members (excludes halogenated alkanes) is 7. The molecule has 0 saturated carbocycles. The van der Waals surface area contributed by atoms with Crippen LogP contribution in [0.1, 0.15) is 142 Å². The van der Waals surface area contributed by atoms with Gasteiger partial charge >= 0.3 is 19.8 Å². The number of esters is 2. The first-order chi connectivity index (χ1) is 29.2. The lowest BCUT2D eigenvalue weighted by atomic mass is 10.1. The summed E-state index contributed by atoms with van der Waals surface area (Å²) in [6.07, 6.45) is 49.9. The van der Waals surface area contributed by atoms with Crippen molar-refractivity contribution in [3.05, 3.63) is 97.2 Å². The molecule has 0 aliphatic carbocycles. The second kappa shape index (κ2) is 38.7. The van der Waals surface area contributed by atoms with Crippen molar-refractivity contribution in [2.24, 2.45) is 0 Å². The van der Waals surface area contributed by atoms with Crippen molar-refractivity contribution in [3.63, 3.8) is 0 Å². The molecule has 0 aromatic rings. The summed E-state index contributed by atoms with van der Waals surface area (Å²) in [6, 6.07) is 0. The minimum absolute atomic E-state index is 0.102. The van der Waals surface area contributed by atoms with Crippen LogP contribution < -0.4 is 0 Å². The molecule has 1 fully saturated rings. The van der Waals surface area contributed by atoms with Gasteiger partial charge < -0.3 is 29.3 Å². The number of hydrogen-bond donors (Lipinski definition) is 3. The van der Waals surface area contributed by atoms with Gasteiger partial charge in [-0.1, -0.05) is 137 Å². The maximum Gasteiger partial charge on any atom is 0.472 e. The van der Waals surface area contributed by atoms with Crippen molar-refractivity contribution >= 4 is 19.8 Å². The van der Waals surface area contributed by atoms with Gasteiger partial charge in [0, 0.05) is 12.8 Å². The number of allylic oxidation sites excluding steroid dienone is 14. The van der Waals surface area contributed by atoms with Gasteiger partial charge in [0.1, 0.15) is 12.7 Å². The highest BCUT2D eigenvalue weighted by Crippen LogP contribution is 2.43.